The topological polar surface area (TPSA) is 9.23 Å². The number of halogens is 1. The number of aryl methyl sites for hydroxylation is 1. The highest BCUT2D eigenvalue weighted by Gasteiger charge is 2.34. The van der Waals surface area contributed by atoms with E-state index in [9.17, 15) is 0 Å². The van der Waals surface area contributed by atoms with Crippen LogP contribution in [0.2, 0.25) is 0 Å². The third-order valence-electron chi connectivity index (χ3n) is 4.82. The van der Waals surface area contributed by atoms with E-state index in [1.54, 1.807) is 0 Å². The summed E-state index contributed by atoms with van der Waals surface area (Å²) >= 11 is 3.70. The van der Waals surface area contributed by atoms with E-state index < -0.39 is 0 Å². The molecule has 1 nitrogen and oxygen atoms in total. The average Bonchev–Trinajstić information content (AvgIpc) is 2.55. The Labute approximate surface area is 138 Å². The zero-order chi connectivity index (χ0) is 15.0. The van der Waals surface area contributed by atoms with Crippen molar-refractivity contribution in [1.82, 2.24) is 0 Å². The second-order valence-corrected chi connectivity index (χ2v) is 7.05. The number of hydrogen-bond acceptors (Lipinski definition) is 1. The average molecular weight is 353 g/mol. The number of rotatable bonds is 8. The van der Waals surface area contributed by atoms with Crippen LogP contribution in [0.25, 0.3) is 0 Å². The molecule has 2 rings (SSSR count). The molecule has 0 aromatic heterocycles. The van der Waals surface area contributed by atoms with Gasteiger partial charge in [0.15, 0.2) is 0 Å². The fraction of sp³-hybridized carbons (Fsp3) is 0.684. The summed E-state index contributed by atoms with van der Waals surface area (Å²) in [6, 6.07) is 10.7. The van der Waals surface area contributed by atoms with Crippen LogP contribution in [0, 0.1) is 5.92 Å². The maximum atomic E-state index is 6.32. The van der Waals surface area contributed by atoms with Gasteiger partial charge in [0.1, 0.15) is 0 Å². The van der Waals surface area contributed by atoms with Gasteiger partial charge in [0.2, 0.25) is 0 Å². The van der Waals surface area contributed by atoms with E-state index >= 15 is 0 Å². The maximum absolute atomic E-state index is 6.32. The second kappa shape index (κ2) is 8.95. The molecule has 1 saturated carbocycles. The number of hydrogen-bond donors (Lipinski definition) is 0. The van der Waals surface area contributed by atoms with Gasteiger partial charge >= 0.3 is 0 Å². The minimum Gasteiger partial charge on any atom is -0.374 e. The molecular weight excluding hydrogens is 324 g/mol. The van der Waals surface area contributed by atoms with Crippen LogP contribution in [0.3, 0.4) is 0 Å². The molecule has 0 atom stereocenters. The molecule has 0 unspecified atom stereocenters. The largest absolute Gasteiger partial charge is 0.374 e. The van der Waals surface area contributed by atoms with Gasteiger partial charge in [-0.05, 0) is 50.0 Å². The van der Waals surface area contributed by atoms with Crippen molar-refractivity contribution in [2.24, 2.45) is 5.92 Å². The van der Waals surface area contributed by atoms with Crippen LogP contribution < -0.4 is 0 Å². The molecule has 2 heteroatoms. The van der Waals surface area contributed by atoms with Gasteiger partial charge in [-0.3, -0.25) is 0 Å². The minimum atomic E-state index is 0.112. The normalized spacial score (nSPS) is 25.9. The van der Waals surface area contributed by atoms with Crippen molar-refractivity contribution in [1.29, 1.82) is 0 Å². The lowest BCUT2D eigenvalue weighted by molar-refractivity contribution is -0.0612. The Morgan fingerprint density at radius 2 is 1.90 bits per heavy atom. The van der Waals surface area contributed by atoms with Crippen LogP contribution in [-0.2, 0) is 11.2 Å². The molecule has 0 saturated heterocycles. The first-order valence-electron chi connectivity index (χ1n) is 8.52. The van der Waals surface area contributed by atoms with Crippen LogP contribution in [0.1, 0.15) is 57.4 Å². The third kappa shape index (κ3) is 5.41. The fourth-order valence-corrected chi connectivity index (χ4v) is 4.15. The maximum Gasteiger partial charge on any atom is 0.0779 e. The van der Waals surface area contributed by atoms with Gasteiger partial charge < -0.3 is 4.74 Å². The van der Waals surface area contributed by atoms with Crippen molar-refractivity contribution in [3.8, 4) is 0 Å². The van der Waals surface area contributed by atoms with Crippen molar-refractivity contribution in [3.63, 3.8) is 0 Å². The lowest BCUT2D eigenvalue weighted by Gasteiger charge is -2.39. The van der Waals surface area contributed by atoms with Crippen molar-refractivity contribution >= 4 is 15.9 Å². The molecule has 0 bridgehead atoms. The van der Waals surface area contributed by atoms with Crippen LogP contribution in [0.5, 0.6) is 0 Å². The van der Waals surface area contributed by atoms with Crippen LogP contribution >= 0.6 is 15.9 Å². The van der Waals surface area contributed by atoms with Gasteiger partial charge in [0.05, 0.1) is 5.60 Å². The first kappa shape index (κ1) is 17.0. The summed E-state index contributed by atoms with van der Waals surface area (Å²) in [7, 11) is 0. The first-order valence-corrected chi connectivity index (χ1v) is 9.64. The van der Waals surface area contributed by atoms with E-state index in [0.717, 1.165) is 30.7 Å². The predicted octanol–water partition coefficient (Wildman–Crippen LogP) is 5.76. The Bertz CT molecular complexity index is 382. The summed E-state index contributed by atoms with van der Waals surface area (Å²) in [6.07, 6.45) is 10.1. The molecule has 1 aromatic rings. The van der Waals surface area contributed by atoms with E-state index in [2.05, 4.69) is 53.2 Å². The summed E-state index contributed by atoms with van der Waals surface area (Å²) in [6.45, 7) is 3.19. The van der Waals surface area contributed by atoms with E-state index in [-0.39, 0.29) is 5.60 Å². The van der Waals surface area contributed by atoms with E-state index in [4.69, 9.17) is 4.74 Å². The summed E-state index contributed by atoms with van der Waals surface area (Å²) in [5.41, 5.74) is 1.53. The molecule has 0 radical (unpaired) electrons. The van der Waals surface area contributed by atoms with Gasteiger partial charge in [0, 0.05) is 11.9 Å². The molecule has 1 aromatic carbocycles. The Balaban J connectivity index is 1.70. The summed E-state index contributed by atoms with van der Waals surface area (Å²) in [5, 5.41) is 0.990. The van der Waals surface area contributed by atoms with Crippen LogP contribution in [0.4, 0.5) is 0 Å². The van der Waals surface area contributed by atoms with E-state index in [0.29, 0.717) is 0 Å². The molecule has 1 aliphatic carbocycles. The summed E-state index contributed by atoms with van der Waals surface area (Å²) in [5.74, 6) is 0.940. The molecule has 0 N–H and O–H groups in total. The Hall–Kier alpha value is -0.340. The fourth-order valence-electron chi connectivity index (χ4n) is 3.43. The Morgan fingerprint density at radius 1 is 1.19 bits per heavy atom. The Morgan fingerprint density at radius 3 is 2.52 bits per heavy atom. The number of ether oxygens (including phenoxy) is 1. The van der Waals surface area contributed by atoms with E-state index in [1.165, 1.54) is 44.1 Å². The predicted molar refractivity (Wildman–Crippen MR) is 94.1 cm³/mol. The van der Waals surface area contributed by atoms with Gasteiger partial charge in [-0.15, -0.1) is 0 Å². The summed E-state index contributed by atoms with van der Waals surface area (Å²) < 4.78 is 6.32. The summed E-state index contributed by atoms with van der Waals surface area (Å²) in [4.78, 5) is 0. The molecule has 0 aliphatic heterocycles. The molecular formula is C19H29BrO. The lowest BCUT2D eigenvalue weighted by Crippen LogP contribution is -2.39. The van der Waals surface area contributed by atoms with Crippen LogP contribution in [-0.4, -0.2) is 17.5 Å². The standard InChI is InChI=1S/C19H29BrO/c1-2-7-17-11-13-19(16-20,14-12-17)21-15-6-10-18-8-4-3-5-9-18/h3-5,8-9,17H,2,6-7,10-16H2,1H3. The zero-order valence-corrected chi connectivity index (χ0v) is 14.9. The molecule has 0 heterocycles. The molecule has 1 aliphatic rings. The van der Waals surface area contributed by atoms with Gasteiger partial charge in [0.25, 0.3) is 0 Å². The number of benzene rings is 1. The Kier molecular flexibility index (Phi) is 7.25. The SMILES string of the molecule is CCCC1CCC(CBr)(OCCCc2ccccc2)CC1. The van der Waals surface area contributed by atoms with E-state index in [1.807, 2.05) is 0 Å². The lowest BCUT2D eigenvalue weighted by atomic mass is 9.78. The van der Waals surface area contributed by atoms with Crippen LogP contribution in [0.15, 0.2) is 30.3 Å². The first-order chi connectivity index (χ1) is 10.3. The smallest absolute Gasteiger partial charge is 0.0779 e. The monoisotopic (exact) mass is 352 g/mol. The molecule has 0 spiro atoms. The molecule has 1 fully saturated rings. The van der Waals surface area contributed by atoms with Crippen molar-refractivity contribution in [3.05, 3.63) is 35.9 Å². The third-order valence-corrected chi connectivity index (χ3v) is 5.84. The van der Waals surface area contributed by atoms with Gasteiger partial charge in [-0.1, -0.05) is 66.0 Å². The number of alkyl halides is 1. The van der Waals surface area contributed by atoms with Crippen molar-refractivity contribution < 1.29 is 4.74 Å². The second-order valence-electron chi connectivity index (χ2n) is 6.49. The molecule has 118 valence electrons. The van der Waals surface area contributed by atoms with Crippen molar-refractivity contribution in [2.45, 2.75) is 63.9 Å². The van der Waals surface area contributed by atoms with Gasteiger partial charge in [-0.2, -0.15) is 0 Å². The highest BCUT2D eigenvalue weighted by Crippen LogP contribution is 2.38. The van der Waals surface area contributed by atoms with Crippen molar-refractivity contribution in [2.75, 3.05) is 11.9 Å². The highest BCUT2D eigenvalue weighted by molar-refractivity contribution is 9.09. The highest BCUT2D eigenvalue weighted by atomic mass is 79.9. The quantitative estimate of drug-likeness (QED) is 0.426. The minimum absolute atomic E-state index is 0.112. The van der Waals surface area contributed by atoms with Gasteiger partial charge in [-0.25, -0.2) is 0 Å². The zero-order valence-electron chi connectivity index (χ0n) is 13.3. The molecule has 21 heavy (non-hydrogen) atoms. The molecule has 0 amide bonds.